The SMILES string of the molecule is CCC1CCCN(C(=O)c2nnn(C3CCNCC3)c2C)CC1.Cl. The van der Waals surface area contributed by atoms with Crippen LogP contribution in [-0.4, -0.2) is 52.0 Å². The molecule has 1 unspecified atom stereocenters. The average molecular weight is 356 g/mol. The highest BCUT2D eigenvalue weighted by atomic mass is 35.5. The van der Waals surface area contributed by atoms with Gasteiger partial charge in [-0.05, 0) is 58.0 Å². The number of rotatable bonds is 3. The van der Waals surface area contributed by atoms with E-state index in [1.165, 1.54) is 12.8 Å². The minimum absolute atomic E-state index is 0. The quantitative estimate of drug-likeness (QED) is 0.905. The summed E-state index contributed by atoms with van der Waals surface area (Å²) in [5, 5.41) is 11.9. The number of nitrogens with one attached hydrogen (secondary N) is 1. The standard InChI is InChI=1S/C17H29N5O.ClH/c1-3-14-5-4-11-21(12-8-14)17(23)16-13(2)22(20-19-16)15-6-9-18-10-7-15;/h14-15,18H,3-12H2,1-2H3;1H. The Kier molecular flexibility index (Phi) is 7.04. The molecule has 24 heavy (non-hydrogen) atoms. The lowest BCUT2D eigenvalue weighted by atomic mass is 9.98. The number of hydrogen-bond donors (Lipinski definition) is 1. The van der Waals surface area contributed by atoms with Crippen LogP contribution in [0.1, 0.15) is 67.7 Å². The number of nitrogens with zero attached hydrogens (tertiary/aromatic N) is 4. The molecule has 1 amide bonds. The molecule has 0 aromatic carbocycles. The molecular formula is C17H30ClN5O. The van der Waals surface area contributed by atoms with E-state index in [-0.39, 0.29) is 18.3 Å². The van der Waals surface area contributed by atoms with E-state index in [9.17, 15) is 4.79 Å². The van der Waals surface area contributed by atoms with Crippen molar-refractivity contribution in [2.75, 3.05) is 26.2 Å². The number of amides is 1. The Labute approximate surface area is 150 Å². The third-order valence-electron chi connectivity index (χ3n) is 5.50. The topological polar surface area (TPSA) is 63.1 Å². The number of likely N-dealkylation sites (tertiary alicyclic amines) is 1. The van der Waals surface area contributed by atoms with E-state index < -0.39 is 0 Å². The van der Waals surface area contributed by atoms with Crippen LogP contribution in [-0.2, 0) is 0 Å². The van der Waals surface area contributed by atoms with E-state index in [4.69, 9.17) is 0 Å². The Morgan fingerprint density at radius 2 is 1.96 bits per heavy atom. The van der Waals surface area contributed by atoms with Gasteiger partial charge in [0.1, 0.15) is 0 Å². The lowest BCUT2D eigenvalue weighted by Gasteiger charge is -2.24. The summed E-state index contributed by atoms with van der Waals surface area (Å²) in [7, 11) is 0. The molecule has 6 nitrogen and oxygen atoms in total. The van der Waals surface area contributed by atoms with Crippen molar-refractivity contribution in [3.63, 3.8) is 0 Å². The number of carbonyl (C=O) groups excluding carboxylic acids is 1. The van der Waals surface area contributed by atoms with Gasteiger partial charge in [0.2, 0.25) is 0 Å². The summed E-state index contributed by atoms with van der Waals surface area (Å²) in [6.45, 7) is 7.97. The summed E-state index contributed by atoms with van der Waals surface area (Å²) in [6.07, 6.45) is 6.78. The minimum Gasteiger partial charge on any atom is -0.337 e. The Morgan fingerprint density at radius 1 is 1.21 bits per heavy atom. The number of carbonyl (C=O) groups is 1. The lowest BCUT2D eigenvalue weighted by molar-refractivity contribution is 0.0753. The van der Waals surface area contributed by atoms with Crippen LogP contribution in [0.5, 0.6) is 0 Å². The van der Waals surface area contributed by atoms with Crippen molar-refractivity contribution in [1.29, 1.82) is 0 Å². The van der Waals surface area contributed by atoms with E-state index in [0.717, 1.165) is 63.5 Å². The van der Waals surface area contributed by atoms with Crippen molar-refractivity contribution in [3.8, 4) is 0 Å². The summed E-state index contributed by atoms with van der Waals surface area (Å²) >= 11 is 0. The minimum atomic E-state index is 0. The molecule has 3 heterocycles. The molecule has 2 aliphatic heterocycles. The molecule has 3 rings (SSSR count). The van der Waals surface area contributed by atoms with Gasteiger partial charge in [0.15, 0.2) is 5.69 Å². The highest BCUT2D eigenvalue weighted by Gasteiger charge is 2.27. The molecule has 2 aliphatic rings. The second-order valence-corrected chi connectivity index (χ2v) is 6.95. The maximum Gasteiger partial charge on any atom is 0.276 e. The zero-order chi connectivity index (χ0) is 16.2. The van der Waals surface area contributed by atoms with Gasteiger partial charge in [0.05, 0.1) is 11.7 Å². The van der Waals surface area contributed by atoms with Gasteiger partial charge >= 0.3 is 0 Å². The monoisotopic (exact) mass is 355 g/mol. The Balaban J connectivity index is 0.00000208. The number of halogens is 1. The van der Waals surface area contributed by atoms with Gasteiger partial charge < -0.3 is 10.2 Å². The van der Waals surface area contributed by atoms with Crippen LogP contribution in [0.2, 0.25) is 0 Å². The van der Waals surface area contributed by atoms with Gasteiger partial charge in [0.25, 0.3) is 5.91 Å². The van der Waals surface area contributed by atoms with Gasteiger partial charge in [-0.3, -0.25) is 4.79 Å². The van der Waals surface area contributed by atoms with Crippen LogP contribution in [0.25, 0.3) is 0 Å². The van der Waals surface area contributed by atoms with Crippen molar-refractivity contribution < 1.29 is 4.79 Å². The molecule has 1 N–H and O–H groups in total. The van der Waals surface area contributed by atoms with Crippen molar-refractivity contribution in [2.45, 2.75) is 58.4 Å². The second kappa shape index (κ2) is 8.81. The molecule has 1 aromatic rings. The first-order chi connectivity index (χ1) is 11.2. The highest BCUT2D eigenvalue weighted by molar-refractivity contribution is 5.93. The van der Waals surface area contributed by atoms with E-state index in [1.807, 2.05) is 16.5 Å². The summed E-state index contributed by atoms with van der Waals surface area (Å²) < 4.78 is 1.97. The fourth-order valence-corrected chi connectivity index (χ4v) is 3.86. The molecule has 0 aliphatic carbocycles. The van der Waals surface area contributed by atoms with E-state index in [0.29, 0.717) is 11.7 Å². The molecule has 1 aromatic heterocycles. The van der Waals surface area contributed by atoms with E-state index in [1.54, 1.807) is 0 Å². The Hall–Kier alpha value is -1.14. The molecule has 0 spiro atoms. The molecule has 136 valence electrons. The van der Waals surface area contributed by atoms with E-state index >= 15 is 0 Å². The molecule has 0 bridgehead atoms. The smallest absolute Gasteiger partial charge is 0.276 e. The molecule has 7 heteroatoms. The second-order valence-electron chi connectivity index (χ2n) is 6.95. The van der Waals surface area contributed by atoms with E-state index in [2.05, 4.69) is 22.6 Å². The van der Waals surface area contributed by atoms with Gasteiger partial charge in [-0.1, -0.05) is 18.6 Å². The van der Waals surface area contributed by atoms with Crippen molar-refractivity contribution in [1.82, 2.24) is 25.2 Å². The summed E-state index contributed by atoms with van der Waals surface area (Å²) in [4.78, 5) is 14.8. The third-order valence-corrected chi connectivity index (χ3v) is 5.50. The van der Waals surface area contributed by atoms with Crippen LogP contribution in [0, 0.1) is 12.8 Å². The normalized spacial score (nSPS) is 22.8. The zero-order valence-electron chi connectivity index (χ0n) is 14.8. The van der Waals surface area contributed by atoms with Gasteiger partial charge in [-0.2, -0.15) is 0 Å². The fraction of sp³-hybridized carbons (Fsp3) is 0.824. The van der Waals surface area contributed by atoms with Crippen LogP contribution in [0.3, 0.4) is 0 Å². The molecule has 1 atom stereocenters. The van der Waals surface area contributed by atoms with Crippen LogP contribution in [0.4, 0.5) is 0 Å². The number of hydrogen-bond acceptors (Lipinski definition) is 4. The first-order valence-electron chi connectivity index (χ1n) is 9.12. The van der Waals surface area contributed by atoms with Gasteiger partial charge in [-0.15, -0.1) is 17.5 Å². The molecule has 0 saturated carbocycles. The average Bonchev–Trinajstić information content (AvgIpc) is 2.82. The van der Waals surface area contributed by atoms with Crippen molar-refractivity contribution in [2.24, 2.45) is 5.92 Å². The van der Waals surface area contributed by atoms with Crippen LogP contribution in [0.15, 0.2) is 0 Å². The molecule has 0 radical (unpaired) electrons. The first-order valence-corrected chi connectivity index (χ1v) is 9.12. The number of aromatic nitrogens is 3. The van der Waals surface area contributed by atoms with Crippen LogP contribution < -0.4 is 5.32 Å². The molecule has 2 saturated heterocycles. The van der Waals surface area contributed by atoms with Gasteiger partial charge in [-0.25, -0.2) is 4.68 Å². The zero-order valence-corrected chi connectivity index (χ0v) is 15.6. The summed E-state index contributed by atoms with van der Waals surface area (Å²) in [5.74, 6) is 0.832. The predicted molar refractivity (Wildman–Crippen MR) is 96.7 cm³/mol. The Bertz CT molecular complexity index is 541. The predicted octanol–water partition coefficient (Wildman–Crippen LogP) is 2.59. The van der Waals surface area contributed by atoms with Crippen LogP contribution >= 0.6 is 12.4 Å². The first kappa shape index (κ1) is 19.2. The molecule has 2 fully saturated rings. The van der Waals surface area contributed by atoms with Crippen molar-refractivity contribution in [3.05, 3.63) is 11.4 Å². The Morgan fingerprint density at radius 3 is 2.67 bits per heavy atom. The maximum absolute atomic E-state index is 12.9. The van der Waals surface area contributed by atoms with Crippen molar-refractivity contribution >= 4 is 18.3 Å². The maximum atomic E-state index is 12.9. The summed E-state index contributed by atoms with van der Waals surface area (Å²) in [5.41, 5.74) is 1.48. The summed E-state index contributed by atoms with van der Waals surface area (Å²) in [6, 6.07) is 0.374. The van der Waals surface area contributed by atoms with Gasteiger partial charge in [0, 0.05) is 13.1 Å². The molecular weight excluding hydrogens is 326 g/mol. The fourth-order valence-electron chi connectivity index (χ4n) is 3.86. The third kappa shape index (κ3) is 4.09. The lowest BCUT2D eigenvalue weighted by Crippen LogP contribution is -2.33. The largest absolute Gasteiger partial charge is 0.337 e. The number of piperidine rings is 1. The highest BCUT2D eigenvalue weighted by Crippen LogP contribution is 2.23.